The fraction of sp³-hybridized carbons (Fsp3) is 0.917. The second kappa shape index (κ2) is 5.55. The van der Waals surface area contributed by atoms with Crippen LogP contribution in [0.15, 0.2) is 0 Å². The summed E-state index contributed by atoms with van der Waals surface area (Å²) in [6.07, 6.45) is 1.12. The minimum absolute atomic E-state index is 0. The largest absolute Gasteiger partial charge is 0.381 e. The lowest BCUT2D eigenvalue weighted by Gasteiger charge is -2.51. The van der Waals surface area contributed by atoms with Crippen molar-refractivity contribution in [3.05, 3.63) is 0 Å². The number of methoxy groups -OCH3 is 1. The van der Waals surface area contributed by atoms with Crippen LogP contribution in [-0.4, -0.2) is 31.7 Å². The van der Waals surface area contributed by atoms with Gasteiger partial charge in [0.1, 0.15) is 0 Å². The van der Waals surface area contributed by atoms with E-state index < -0.39 is 5.41 Å². The van der Waals surface area contributed by atoms with Gasteiger partial charge in [0, 0.05) is 25.1 Å². The standard InChI is InChI=1S/C12H24N2O2.ClH/c1-11(2,7-13)10(15)14-8-6-9(16-5)12(8,3)4;/h8-9H,6-7,13H2,1-5H3,(H,14,15);1H. The van der Waals surface area contributed by atoms with Crippen molar-refractivity contribution in [2.24, 2.45) is 16.6 Å². The topological polar surface area (TPSA) is 64.3 Å². The van der Waals surface area contributed by atoms with Crippen LogP contribution >= 0.6 is 12.4 Å². The highest BCUT2D eigenvalue weighted by Crippen LogP contribution is 2.42. The summed E-state index contributed by atoms with van der Waals surface area (Å²) in [5.41, 5.74) is 5.10. The van der Waals surface area contributed by atoms with E-state index >= 15 is 0 Å². The van der Waals surface area contributed by atoms with E-state index in [0.717, 1.165) is 6.42 Å². The van der Waals surface area contributed by atoms with E-state index in [1.165, 1.54) is 0 Å². The normalized spacial score (nSPS) is 26.7. The number of carbonyl (C=O) groups excluding carboxylic acids is 1. The second-order valence-electron chi connectivity index (χ2n) is 5.90. The Morgan fingerprint density at radius 3 is 2.41 bits per heavy atom. The second-order valence-corrected chi connectivity index (χ2v) is 5.90. The molecule has 0 aromatic carbocycles. The van der Waals surface area contributed by atoms with Gasteiger partial charge in [0.15, 0.2) is 0 Å². The third-order valence-corrected chi connectivity index (χ3v) is 3.89. The molecular formula is C12H25ClN2O2. The van der Waals surface area contributed by atoms with E-state index in [0.29, 0.717) is 6.54 Å². The van der Waals surface area contributed by atoms with Gasteiger partial charge in [-0.1, -0.05) is 13.8 Å². The maximum absolute atomic E-state index is 11.9. The van der Waals surface area contributed by atoms with Gasteiger partial charge >= 0.3 is 0 Å². The molecule has 1 rings (SSSR count). The average Bonchev–Trinajstić information content (AvgIpc) is 2.22. The summed E-state index contributed by atoms with van der Waals surface area (Å²) < 4.78 is 5.35. The van der Waals surface area contributed by atoms with Crippen molar-refractivity contribution >= 4 is 18.3 Å². The average molecular weight is 265 g/mol. The summed E-state index contributed by atoms with van der Waals surface area (Å²) in [7, 11) is 1.72. The van der Waals surface area contributed by atoms with Crippen LogP contribution in [0.4, 0.5) is 0 Å². The fourth-order valence-electron chi connectivity index (χ4n) is 1.98. The van der Waals surface area contributed by atoms with Crippen molar-refractivity contribution in [2.75, 3.05) is 13.7 Å². The van der Waals surface area contributed by atoms with Crippen LogP contribution in [0.1, 0.15) is 34.1 Å². The summed E-state index contributed by atoms with van der Waals surface area (Å²) in [6.45, 7) is 8.32. The molecule has 0 aromatic rings. The predicted molar refractivity (Wildman–Crippen MR) is 71.2 cm³/mol. The smallest absolute Gasteiger partial charge is 0.227 e. The quantitative estimate of drug-likeness (QED) is 0.805. The van der Waals surface area contributed by atoms with Gasteiger partial charge in [-0.3, -0.25) is 4.79 Å². The first-order valence-corrected chi connectivity index (χ1v) is 5.79. The summed E-state index contributed by atoms with van der Waals surface area (Å²) in [6, 6.07) is 0.191. The Bertz CT molecular complexity index is 280. The van der Waals surface area contributed by atoms with Crippen LogP contribution in [0.2, 0.25) is 0 Å². The van der Waals surface area contributed by atoms with Crippen LogP contribution in [-0.2, 0) is 9.53 Å². The minimum atomic E-state index is -0.492. The molecule has 0 bridgehead atoms. The monoisotopic (exact) mass is 264 g/mol. The number of nitrogens with two attached hydrogens (primary N) is 1. The van der Waals surface area contributed by atoms with Gasteiger partial charge in [0.05, 0.1) is 11.5 Å². The molecule has 1 aliphatic rings. The summed E-state index contributed by atoms with van der Waals surface area (Å²) >= 11 is 0. The van der Waals surface area contributed by atoms with Crippen molar-refractivity contribution in [1.82, 2.24) is 5.32 Å². The molecule has 5 heteroatoms. The molecule has 0 spiro atoms. The molecule has 4 nitrogen and oxygen atoms in total. The number of halogens is 1. The van der Waals surface area contributed by atoms with Crippen LogP contribution in [0.5, 0.6) is 0 Å². The van der Waals surface area contributed by atoms with Crippen LogP contribution < -0.4 is 11.1 Å². The number of amides is 1. The molecule has 17 heavy (non-hydrogen) atoms. The lowest BCUT2D eigenvalue weighted by atomic mass is 9.64. The number of hydrogen-bond donors (Lipinski definition) is 2. The highest BCUT2D eigenvalue weighted by atomic mass is 35.5. The molecular weight excluding hydrogens is 240 g/mol. The Morgan fingerprint density at radius 1 is 1.53 bits per heavy atom. The zero-order chi connectivity index (χ0) is 12.6. The predicted octanol–water partition coefficient (Wildman–Crippen LogP) is 1.32. The minimum Gasteiger partial charge on any atom is -0.381 e. The van der Waals surface area contributed by atoms with Gasteiger partial charge in [0.2, 0.25) is 5.91 Å². The molecule has 0 aliphatic heterocycles. The van der Waals surface area contributed by atoms with Crippen molar-refractivity contribution in [3.63, 3.8) is 0 Å². The van der Waals surface area contributed by atoms with E-state index in [1.54, 1.807) is 7.11 Å². The molecule has 102 valence electrons. The summed E-state index contributed by atoms with van der Waals surface area (Å²) in [5.74, 6) is 0.0302. The first-order valence-electron chi connectivity index (χ1n) is 5.79. The van der Waals surface area contributed by atoms with Crippen LogP contribution in [0.25, 0.3) is 0 Å². The maximum Gasteiger partial charge on any atom is 0.227 e. The van der Waals surface area contributed by atoms with E-state index in [1.807, 2.05) is 13.8 Å². The molecule has 0 aromatic heterocycles. The number of ether oxygens (including phenoxy) is 1. The molecule has 1 aliphatic carbocycles. The van der Waals surface area contributed by atoms with E-state index in [-0.39, 0.29) is 35.9 Å². The van der Waals surface area contributed by atoms with Gasteiger partial charge < -0.3 is 15.8 Å². The molecule has 2 atom stereocenters. The zero-order valence-corrected chi connectivity index (χ0v) is 12.2. The summed E-state index contributed by atoms with van der Waals surface area (Å²) in [5, 5.41) is 3.06. The van der Waals surface area contributed by atoms with Crippen molar-refractivity contribution in [2.45, 2.75) is 46.3 Å². The van der Waals surface area contributed by atoms with Crippen LogP contribution in [0, 0.1) is 10.8 Å². The number of carbonyl (C=O) groups is 1. The molecule has 0 heterocycles. The highest BCUT2D eigenvalue weighted by Gasteiger charge is 2.49. The number of hydrogen-bond acceptors (Lipinski definition) is 3. The molecule has 1 saturated carbocycles. The lowest BCUT2D eigenvalue weighted by molar-refractivity contribution is -0.139. The van der Waals surface area contributed by atoms with E-state index in [9.17, 15) is 4.79 Å². The van der Waals surface area contributed by atoms with Gasteiger partial charge in [-0.05, 0) is 20.3 Å². The first kappa shape index (κ1) is 16.7. The third-order valence-electron chi connectivity index (χ3n) is 3.89. The Hall–Kier alpha value is -0.320. The molecule has 0 radical (unpaired) electrons. The van der Waals surface area contributed by atoms with E-state index in [2.05, 4.69) is 19.2 Å². The fourth-order valence-corrected chi connectivity index (χ4v) is 1.98. The molecule has 2 unspecified atom stereocenters. The Labute approximate surface area is 110 Å². The Morgan fingerprint density at radius 2 is 2.06 bits per heavy atom. The van der Waals surface area contributed by atoms with Gasteiger partial charge in [0.25, 0.3) is 0 Å². The summed E-state index contributed by atoms with van der Waals surface area (Å²) in [4.78, 5) is 11.9. The van der Waals surface area contributed by atoms with Crippen molar-refractivity contribution < 1.29 is 9.53 Å². The lowest BCUT2D eigenvalue weighted by Crippen LogP contribution is -2.63. The molecule has 1 fully saturated rings. The number of rotatable bonds is 4. The van der Waals surface area contributed by atoms with Crippen LogP contribution in [0.3, 0.4) is 0 Å². The molecule has 3 N–H and O–H groups in total. The number of nitrogens with one attached hydrogen (secondary N) is 1. The van der Waals surface area contributed by atoms with Gasteiger partial charge in [-0.25, -0.2) is 0 Å². The maximum atomic E-state index is 11.9. The first-order chi connectivity index (χ1) is 7.25. The van der Waals surface area contributed by atoms with Crippen molar-refractivity contribution in [1.29, 1.82) is 0 Å². The third kappa shape index (κ3) is 3.12. The van der Waals surface area contributed by atoms with Gasteiger partial charge in [-0.15, -0.1) is 12.4 Å². The SMILES string of the molecule is COC1CC(NC(=O)C(C)(C)CN)C1(C)C.Cl. The Balaban J connectivity index is 0.00000256. The highest BCUT2D eigenvalue weighted by molar-refractivity contribution is 5.85. The van der Waals surface area contributed by atoms with Gasteiger partial charge in [-0.2, -0.15) is 0 Å². The Kier molecular flexibility index (Phi) is 5.44. The van der Waals surface area contributed by atoms with Crippen molar-refractivity contribution in [3.8, 4) is 0 Å². The van der Waals surface area contributed by atoms with E-state index in [4.69, 9.17) is 10.5 Å². The molecule has 0 saturated heterocycles. The zero-order valence-electron chi connectivity index (χ0n) is 11.4. The molecule has 1 amide bonds.